The Morgan fingerprint density at radius 1 is 0.843 bits per heavy atom. The van der Waals surface area contributed by atoms with Gasteiger partial charge in [-0.1, -0.05) is 55.5 Å². The number of pyridine rings is 2. The molecule has 83 heavy (non-hydrogen) atoms. The molecule has 0 radical (unpaired) electrons. The van der Waals surface area contributed by atoms with Crippen LogP contribution in [0.4, 0.5) is 14.9 Å². The third-order valence-corrected chi connectivity index (χ3v) is 15.1. The fraction of sp³-hybridized carbons (Fsp3) is 0.552. The van der Waals surface area contributed by atoms with Crippen molar-refractivity contribution in [1.29, 1.82) is 0 Å². The van der Waals surface area contributed by atoms with Gasteiger partial charge in [0.2, 0.25) is 17.7 Å². The van der Waals surface area contributed by atoms with E-state index in [4.69, 9.17) is 43.9 Å². The maximum absolute atomic E-state index is 15.5. The number of hydrogen-bond donors (Lipinski definition) is 7. The van der Waals surface area contributed by atoms with Crippen molar-refractivity contribution < 1.29 is 71.4 Å². The maximum Gasteiger partial charge on any atom is 0.313 e. The summed E-state index contributed by atoms with van der Waals surface area (Å²) >= 11 is 2.25. The number of fused-ring (bicyclic) bond motifs is 5. The summed E-state index contributed by atoms with van der Waals surface area (Å²) in [7, 11) is 0. The Labute approximate surface area is 494 Å². The number of aromatic nitrogens is 2. The average Bonchev–Trinajstić information content (AvgIpc) is 1.95. The van der Waals surface area contributed by atoms with Crippen LogP contribution in [0, 0.1) is 18.7 Å². The summed E-state index contributed by atoms with van der Waals surface area (Å²) in [4.78, 5) is 97.8. The minimum atomic E-state index is -1.67. The molecule has 0 spiro atoms. The number of hydrogen-bond acceptors (Lipinski definition) is 16. The number of anilines is 1. The highest BCUT2D eigenvalue weighted by Gasteiger charge is 2.38. The molecule has 452 valence electrons. The number of amides is 6. The van der Waals surface area contributed by atoms with Crippen LogP contribution < -0.4 is 37.9 Å². The number of alkyl halides is 1. The SMILES string of the molecule is CCC1C(=O)OCc2c1cc1n(c2=O)Cc2c-1nc1cc(F)c(C)c3c1c2[C@@H](NC(=O)C(O)c1ccc(NC(=O)[C@H](CCCNC(N)=O)NC(=O)[C@@H](NC(=O)CCOCCOCCOCCOCCOCCOCCI)C(C)C)cc1)CC3. The molecule has 2 aliphatic heterocycles. The van der Waals surface area contributed by atoms with Gasteiger partial charge in [-0.25, -0.2) is 14.2 Å². The quantitative estimate of drug-likeness (QED) is 0.0131. The van der Waals surface area contributed by atoms with E-state index in [2.05, 4.69) is 49.2 Å². The van der Waals surface area contributed by atoms with Crippen LogP contribution in [0.25, 0.3) is 22.3 Å². The Bertz CT molecular complexity index is 3000. The second-order valence-electron chi connectivity index (χ2n) is 20.6. The molecule has 0 saturated carbocycles. The topological polar surface area (TPSA) is 308 Å². The molecule has 6 amide bonds. The van der Waals surface area contributed by atoms with E-state index in [1.165, 1.54) is 30.3 Å². The van der Waals surface area contributed by atoms with Crippen LogP contribution in [-0.2, 0) is 76.7 Å². The zero-order chi connectivity index (χ0) is 59.6. The molecule has 1 aliphatic carbocycles. The summed E-state index contributed by atoms with van der Waals surface area (Å²) in [5.74, 6) is -4.26. The number of esters is 1. The Morgan fingerprint density at radius 3 is 2.07 bits per heavy atom. The largest absolute Gasteiger partial charge is 0.460 e. The number of halogens is 2. The number of nitrogens with two attached hydrogens (primary N) is 1. The van der Waals surface area contributed by atoms with Gasteiger partial charge in [0.25, 0.3) is 11.5 Å². The summed E-state index contributed by atoms with van der Waals surface area (Å²) < 4.78 is 56.2. The Kier molecular flexibility index (Phi) is 24.5. The number of cyclic esters (lactones) is 1. The number of rotatable bonds is 34. The van der Waals surface area contributed by atoms with Crippen molar-refractivity contribution in [2.45, 2.75) is 110 Å². The molecular formula is C58H76FIN8O15. The van der Waals surface area contributed by atoms with Gasteiger partial charge in [0.15, 0.2) is 6.10 Å². The monoisotopic (exact) mass is 1270 g/mol. The molecule has 4 aromatic rings. The standard InChI is InChI=1S/C58H76FIN8O15/c1-5-37-39-29-46-51-40(31-68(46)56(74)41(39)32-83-57(37)75)49-43(13-12-38-34(4)42(59)30-45(64-51)48(38)49)65-55(73)52(70)35-8-10-36(11-9-35)63-53(71)44(7-6-16-62-58(61)76)66-54(72)50(33(2)3)67-47(69)14-17-77-19-21-79-23-25-81-27-28-82-26-24-80-22-20-78-18-15-60/h8-11,29-30,33,37,43-44,50,52,70H,5-7,12-28,31-32H2,1-4H3,(H,63,71)(H,65,73)(H,66,72)(H,67,69)(H3,61,62,76)/t37?,43-,44-,50-,52?/m0/s1. The van der Waals surface area contributed by atoms with Crippen molar-refractivity contribution in [2.75, 3.05) is 95.6 Å². The van der Waals surface area contributed by atoms with Gasteiger partial charge in [0, 0.05) is 40.1 Å². The zero-order valence-electron chi connectivity index (χ0n) is 47.4. The highest BCUT2D eigenvalue weighted by molar-refractivity contribution is 14.1. The number of ether oxygens (including phenoxy) is 7. The summed E-state index contributed by atoms with van der Waals surface area (Å²) in [6.07, 6.45) is -0.222. The van der Waals surface area contributed by atoms with Crippen LogP contribution >= 0.6 is 22.6 Å². The Morgan fingerprint density at radius 2 is 1.47 bits per heavy atom. The molecule has 4 heterocycles. The molecule has 0 fully saturated rings. The van der Waals surface area contributed by atoms with Crippen molar-refractivity contribution in [1.82, 2.24) is 30.8 Å². The lowest BCUT2D eigenvalue weighted by Crippen LogP contribution is -2.54. The lowest BCUT2D eigenvalue weighted by Gasteiger charge is -2.30. The molecule has 2 unspecified atom stereocenters. The van der Waals surface area contributed by atoms with Crippen molar-refractivity contribution in [3.63, 3.8) is 0 Å². The average molecular weight is 1270 g/mol. The first-order valence-corrected chi connectivity index (χ1v) is 29.7. The molecule has 25 heteroatoms. The van der Waals surface area contributed by atoms with Gasteiger partial charge in [-0.2, -0.15) is 0 Å². The summed E-state index contributed by atoms with van der Waals surface area (Å²) in [6.45, 7) is 12.0. The van der Waals surface area contributed by atoms with E-state index in [0.29, 0.717) is 129 Å². The lowest BCUT2D eigenvalue weighted by molar-refractivity contribution is -0.148. The molecule has 5 atom stereocenters. The van der Waals surface area contributed by atoms with Gasteiger partial charge in [-0.15, -0.1) is 0 Å². The van der Waals surface area contributed by atoms with E-state index in [0.717, 1.165) is 9.99 Å². The number of urea groups is 1. The van der Waals surface area contributed by atoms with Crippen LogP contribution in [-0.4, -0.2) is 153 Å². The van der Waals surface area contributed by atoms with Crippen molar-refractivity contribution >= 4 is 74.8 Å². The lowest BCUT2D eigenvalue weighted by atomic mass is 9.81. The number of nitrogens with zero attached hydrogens (tertiary/aromatic N) is 2. The number of aliphatic hydroxyl groups excluding tert-OH is 1. The molecule has 7 rings (SSSR count). The smallest absolute Gasteiger partial charge is 0.313 e. The number of carbonyl (C=O) groups excluding carboxylic acids is 6. The van der Waals surface area contributed by atoms with Gasteiger partial charge in [0.05, 0.1) is 120 Å². The second-order valence-corrected chi connectivity index (χ2v) is 21.7. The molecule has 3 aliphatic rings. The molecule has 2 aromatic heterocycles. The van der Waals surface area contributed by atoms with Crippen LogP contribution in [0.15, 0.2) is 41.2 Å². The predicted octanol–water partition coefficient (Wildman–Crippen LogP) is 4.20. The van der Waals surface area contributed by atoms with E-state index < -0.39 is 71.6 Å². The predicted molar refractivity (Wildman–Crippen MR) is 311 cm³/mol. The first-order valence-electron chi connectivity index (χ1n) is 28.2. The highest BCUT2D eigenvalue weighted by atomic mass is 127. The Hall–Kier alpha value is -6.20. The maximum atomic E-state index is 15.5. The highest BCUT2D eigenvalue weighted by Crippen LogP contribution is 2.46. The van der Waals surface area contributed by atoms with Gasteiger partial charge in [-0.3, -0.25) is 28.8 Å². The normalized spacial score (nSPS) is 16.1. The fourth-order valence-electron chi connectivity index (χ4n) is 10.4. The van der Waals surface area contributed by atoms with Crippen LogP contribution in [0.2, 0.25) is 0 Å². The third kappa shape index (κ3) is 17.0. The van der Waals surface area contributed by atoms with Gasteiger partial charge >= 0.3 is 12.0 Å². The molecular weight excluding hydrogens is 1190 g/mol. The van der Waals surface area contributed by atoms with Crippen molar-refractivity contribution in [3.8, 4) is 11.4 Å². The van der Waals surface area contributed by atoms with Gasteiger partial charge in [0.1, 0.15) is 24.5 Å². The third-order valence-electron chi connectivity index (χ3n) is 14.7. The molecule has 0 saturated heterocycles. The number of benzene rings is 2. The van der Waals surface area contributed by atoms with Crippen LogP contribution in [0.5, 0.6) is 0 Å². The summed E-state index contributed by atoms with van der Waals surface area (Å²) in [6, 6.07) is 5.50. The second kappa shape index (κ2) is 31.6. The molecule has 0 bridgehead atoms. The van der Waals surface area contributed by atoms with E-state index in [1.807, 2.05) is 6.92 Å². The van der Waals surface area contributed by atoms with E-state index in [9.17, 15) is 38.7 Å². The minimum absolute atomic E-state index is 0.0406. The van der Waals surface area contributed by atoms with E-state index in [-0.39, 0.29) is 81.5 Å². The minimum Gasteiger partial charge on any atom is -0.460 e. The number of primary amides is 1. The van der Waals surface area contributed by atoms with E-state index >= 15 is 4.39 Å². The van der Waals surface area contributed by atoms with E-state index in [1.54, 1.807) is 31.4 Å². The van der Waals surface area contributed by atoms with Gasteiger partial charge in [-0.05, 0) is 91.0 Å². The van der Waals surface area contributed by atoms with Crippen molar-refractivity contribution in [3.05, 3.63) is 91.5 Å². The van der Waals surface area contributed by atoms with Gasteiger partial charge < -0.3 is 75.1 Å². The fourth-order valence-corrected chi connectivity index (χ4v) is 10.7. The number of nitrogens with one attached hydrogen (secondary N) is 5. The Balaban J connectivity index is 0.906. The number of aliphatic hydroxyl groups is 1. The zero-order valence-corrected chi connectivity index (χ0v) is 49.5. The molecule has 8 N–H and O–H groups in total. The summed E-state index contributed by atoms with van der Waals surface area (Å²) in [5, 5.41) is 25.9. The first-order chi connectivity index (χ1) is 40.0. The number of aryl methyl sites for hydroxylation is 1. The molecule has 23 nitrogen and oxygen atoms in total. The van der Waals surface area contributed by atoms with Crippen molar-refractivity contribution in [2.24, 2.45) is 11.7 Å². The first kappa shape index (κ1) is 64.4. The number of carbonyl (C=O) groups is 6. The van der Waals surface area contributed by atoms with Crippen LogP contribution in [0.3, 0.4) is 0 Å². The molecule has 2 aromatic carbocycles. The summed E-state index contributed by atoms with van der Waals surface area (Å²) in [5.41, 5.74) is 10.2. The van der Waals surface area contributed by atoms with Crippen LogP contribution in [0.1, 0.15) is 110 Å².